The fourth-order valence-electron chi connectivity index (χ4n) is 7.94. The van der Waals surface area contributed by atoms with E-state index in [1.165, 1.54) is 0 Å². The Morgan fingerprint density at radius 3 is 2.58 bits per heavy atom. The third kappa shape index (κ3) is 5.62. The molecule has 2 saturated heterocycles. The number of aryl methyl sites for hydroxylation is 1. The first-order valence-corrected chi connectivity index (χ1v) is 20.2. The number of hydrogen-bond acceptors (Lipinski definition) is 6. The molecule has 250 valence electrons. The van der Waals surface area contributed by atoms with E-state index in [2.05, 4.69) is 26.2 Å². The Labute approximate surface area is 289 Å². The number of fused-ring (bicyclic) bond motifs is 2. The van der Waals surface area contributed by atoms with Crippen molar-refractivity contribution in [2.45, 2.75) is 69.1 Å². The lowest BCUT2D eigenvalue weighted by Crippen LogP contribution is -2.45. The van der Waals surface area contributed by atoms with Gasteiger partial charge in [-0.1, -0.05) is 70.5 Å². The number of anilines is 2. The predicted octanol–water partition coefficient (Wildman–Crippen LogP) is 6.31. The largest absolute Gasteiger partial charge is 0.395 e. The van der Waals surface area contributed by atoms with E-state index in [0.717, 1.165) is 32.5 Å². The smallest absolute Gasteiger partial charge is 0.264 e. The van der Waals surface area contributed by atoms with Gasteiger partial charge in [0.05, 0.1) is 36.6 Å². The van der Waals surface area contributed by atoms with Crippen molar-refractivity contribution in [1.82, 2.24) is 15.0 Å². The van der Waals surface area contributed by atoms with E-state index < -0.39 is 31.6 Å². The quantitative estimate of drug-likeness (QED) is 0.117. The van der Waals surface area contributed by atoms with Crippen molar-refractivity contribution < 1.29 is 23.5 Å². The molecule has 4 aromatic rings. The molecule has 3 aliphatic rings. The summed E-state index contributed by atoms with van der Waals surface area (Å²) in [6.07, 6.45) is 2.28. The number of aliphatic hydroxyl groups excluding tert-OH is 1. The predicted molar refractivity (Wildman–Crippen MR) is 187 cm³/mol. The maximum Gasteiger partial charge on any atom is 0.264 e. The summed E-state index contributed by atoms with van der Waals surface area (Å²) in [6, 6.07) is 23.2. The van der Waals surface area contributed by atoms with Crippen molar-refractivity contribution in [3.63, 3.8) is 0 Å². The van der Waals surface area contributed by atoms with Gasteiger partial charge >= 0.3 is 0 Å². The van der Waals surface area contributed by atoms with E-state index in [4.69, 9.17) is 4.74 Å². The van der Waals surface area contributed by atoms with Crippen molar-refractivity contribution in [1.29, 1.82) is 0 Å². The van der Waals surface area contributed by atoms with Gasteiger partial charge in [0.1, 0.15) is 0 Å². The number of carbonyl (C=O) groups is 2. The second kappa shape index (κ2) is 12.6. The Balaban J connectivity index is 1.17. The first-order chi connectivity index (χ1) is 23.0. The number of rotatable bonds is 10. The number of amides is 2. The first-order valence-electron chi connectivity index (χ1n) is 16.4. The van der Waals surface area contributed by atoms with E-state index in [-0.39, 0.29) is 24.3 Å². The average Bonchev–Trinajstić information content (AvgIpc) is 3.71. The van der Waals surface area contributed by atoms with Gasteiger partial charge in [0.15, 0.2) is 5.60 Å². The number of carbonyl (C=O) groups excluding carboxylic acids is 2. The molecule has 0 bridgehead atoms. The number of halogens is 2. The van der Waals surface area contributed by atoms with Gasteiger partial charge in [-0.3, -0.25) is 14.3 Å². The molecule has 3 aliphatic heterocycles. The van der Waals surface area contributed by atoms with Gasteiger partial charge in [0.25, 0.3) is 5.91 Å². The molecule has 12 heteroatoms. The van der Waals surface area contributed by atoms with Gasteiger partial charge in [-0.25, -0.2) is 0 Å². The molecule has 1 unspecified atom stereocenters. The summed E-state index contributed by atoms with van der Waals surface area (Å²) < 4.78 is 25.8. The van der Waals surface area contributed by atoms with E-state index in [0.29, 0.717) is 38.2 Å². The van der Waals surface area contributed by atoms with Gasteiger partial charge < -0.3 is 23.8 Å². The SMILES string of the molecule is C[C@H]1[C@H]([Si](C)(C)F)[C@@H](CCn2cc(C(CO)c3ccccc3)nn2)O[C@]12C(=O)N(Cc1cccc(N3CCC3=O)c1)c1ccc(Br)cc12. The standard InChI is InChI=1S/C36H39BrFN5O4Si/c1-23-34(48(2,3)38)32(14-16-41-21-30(39-40-41)28(22-44)25-9-5-4-6-10-25)47-36(23)29-19-26(37)12-13-31(29)43(35(36)46)20-24-8-7-11-27(18-24)42-17-15-33(42)45/h4-13,18-19,21,23,28,32,34,44H,14-17,20,22H2,1-3H3/t23-,28?,32+,34-,36+/m0/s1. The van der Waals surface area contributed by atoms with Crippen LogP contribution in [0.4, 0.5) is 15.5 Å². The van der Waals surface area contributed by atoms with Crippen LogP contribution in [0.5, 0.6) is 0 Å². The molecular formula is C36H39BrFN5O4Si. The maximum atomic E-state index is 16.3. The van der Waals surface area contributed by atoms with Crippen LogP contribution in [-0.2, 0) is 33.0 Å². The van der Waals surface area contributed by atoms with Crippen LogP contribution in [0.15, 0.2) is 83.5 Å². The van der Waals surface area contributed by atoms with Crippen LogP contribution < -0.4 is 9.80 Å². The molecule has 48 heavy (non-hydrogen) atoms. The maximum absolute atomic E-state index is 16.3. The highest BCUT2D eigenvalue weighted by Crippen LogP contribution is 2.60. The summed E-state index contributed by atoms with van der Waals surface area (Å²) in [6.45, 7) is 6.65. The molecule has 0 radical (unpaired) electrons. The van der Waals surface area contributed by atoms with E-state index in [9.17, 15) is 14.7 Å². The van der Waals surface area contributed by atoms with E-state index in [1.54, 1.807) is 27.6 Å². The number of ether oxygens (including phenoxy) is 1. The highest BCUT2D eigenvalue weighted by atomic mass is 79.9. The van der Waals surface area contributed by atoms with Gasteiger partial charge in [0.2, 0.25) is 14.3 Å². The summed E-state index contributed by atoms with van der Waals surface area (Å²) in [5.41, 5.74) is 3.00. The molecule has 1 N–H and O–H groups in total. The van der Waals surface area contributed by atoms with Gasteiger partial charge in [-0.2, -0.15) is 0 Å². The van der Waals surface area contributed by atoms with Crippen molar-refractivity contribution in [3.05, 3.63) is 106 Å². The second-order valence-corrected chi connectivity index (χ2v) is 18.3. The molecule has 9 nitrogen and oxygen atoms in total. The van der Waals surface area contributed by atoms with Crippen LogP contribution in [0.2, 0.25) is 18.6 Å². The van der Waals surface area contributed by atoms with Crippen molar-refractivity contribution >= 4 is 47.5 Å². The fraction of sp³-hybridized carbons (Fsp3) is 0.389. The minimum absolute atomic E-state index is 0.0911. The summed E-state index contributed by atoms with van der Waals surface area (Å²) in [5.74, 6) is -0.836. The third-order valence-corrected chi connectivity index (χ3v) is 13.2. The lowest BCUT2D eigenvalue weighted by molar-refractivity contribution is -0.146. The molecule has 1 aromatic heterocycles. The normalized spacial score (nSPS) is 24.3. The van der Waals surface area contributed by atoms with Gasteiger partial charge in [-0.15, -0.1) is 5.10 Å². The second-order valence-electron chi connectivity index (χ2n) is 13.6. The molecule has 2 fully saturated rings. The van der Waals surface area contributed by atoms with Gasteiger partial charge in [-0.05, 0) is 61.0 Å². The van der Waals surface area contributed by atoms with Crippen LogP contribution in [0.3, 0.4) is 0 Å². The topological polar surface area (TPSA) is 101 Å². The molecule has 0 saturated carbocycles. The highest BCUT2D eigenvalue weighted by molar-refractivity contribution is 9.10. The van der Waals surface area contributed by atoms with Crippen LogP contribution >= 0.6 is 15.9 Å². The molecule has 7 rings (SSSR count). The first kappa shape index (κ1) is 32.8. The zero-order chi connectivity index (χ0) is 33.8. The van der Waals surface area contributed by atoms with Crippen molar-refractivity contribution in [2.24, 2.45) is 5.92 Å². The number of hydrogen-bond donors (Lipinski definition) is 1. The number of aromatic nitrogens is 3. The summed E-state index contributed by atoms with van der Waals surface area (Å²) in [4.78, 5) is 30.4. The Morgan fingerprint density at radius 1 is 1.10 bits per heavy atom. The van der Waals surface area contributed by atoms with Crippen LogP contribution in [-0.4, -0.2) is 59.6 Å². The summed E-state index contributed by atoms with van der Waals surface area (Å²) in [5, 5.41) is 18.8. The number of nitrogens with zero attached hydrogens (tertiary/aromatic N) is 5. The lowest BCUT2D eigenvalue weighted by Gasteiger charge is -2.32. The number of β-lactam (4-membered cyclic amide) rings is 1. The highest BCUT2D eigenvalue weighted by Gasteiger charge is 2.66. The summed E-state index contributed by atoms with van der Waals surface area (Å²) in [7, 11) is -3.35. The Hall–Kier alpha value is -3.71. The zero-order valence-electron chi connectivity index (χ0n) is 27.2. The fourth-order valence-corrected chi connectivity index (χ4v) is 10.8. The van der Waals surface area contributed by atoms with E-state index >= 15 is 4.11 Å². The number of aliphatic hydroxyl groups is 1. The lowest BCUT2D eigenvalue weighted by atomic mass is 9.82. The summed E-state index contributed by atoms with van der Waals surface area (Å²) >= 11 is 3.61. The Morgan fingerprint density at radius 2 is 1.90 bits per heavy atom. The van der Waals surface area contributed by atoms with Crippen LogP contribution in [0.25, 0.3) is 0 Å². The third-order valence-electron chi connectivity index (χ3n) is 10.3. The molecular weight excluding hydrogens is 693 g/mol. The molecule has 3 aromatic carbocycles. The molecule has 2 amide bonds. The molecule has 0 aliphatic carbocycles. The molecule has 4 heterocycles. The minimum Gasteiger partial charge on any atom is -0.395 e. The van der Waals surface area contributed by atoms with Crippen molar-refractivity contribution in [2.75, 3.05) is 23.0 Å². The molecule has 1 spiro atoms. The van der Waals surface area contributed by atoms with Crippen LogP contribution in [0, 0.1) is 5.92 Å². The van der Waals surface area contributed by atoms with Crippen molar-refractivity contribution in [3.8, 4) is 0 Å². The molecule has 5 atom stereocenters. The Kier molecular flexibility index (Phi) is 8.63. The van der Waals surface area contributed by atoms with Crippen LogP contribution in [0.1, 0.15) is 48.1 Å². The Bertz CT molecular complexity index is 1850. The monoisotopic (exact) mass is 731 g/mol. The average molecular weight is 733 g/mol. The van der Waals surface area contributed by atoms with E-state index in [1.807, 2.05) is 85.9 Å². The zero-order valence-corrected chi connectivity index (χ0v) is 29.8. The van der Waals surface area contributed by atoms with Gasteiger partial charge in [0, 0.05) is 52.9 Å². The minimum atomic E-state index is -3.35. The number of benzene rings is 3.